The van der Waals surface area contributed by atoms with Crippen LogP contribution in [0.4, 0.5) is 0 Å². The molecule has 106 valence electrons. The Morgan fingerprint density at radius 1 is 1.22 bits per heavy atom. The van der Waals surface area contributed by atoms with Crippen LogP contribution in [0.25, 0.3) is 0 Å². The van der Waals surface area contributed by atoms with Gasteiger partial charge in [0.25, 0.3) is 0 Å². The summed E-state index contributed by atoms with van der Waals surface area (Å²) in [4.78, 5) is 12.1. The van der Waals surface area contributed by atoms with Crippen LogP contribution in [0.5, 0.6) is 0 Å². The molecule has 0 heterocycles. The Hall–Kier alpha value is -0.640. The molecule has 1 amide bonds. The summed E-state index contributed by atoms with van der Waals surface area (Å²) in [6.07, 6.45) is 6.01. The zero-order valence-electron chi connectivity index (χ0n) is 12.2. The summed E-state index contributed by atoms with van der Waals surface area (Å²) in [6.45, 7) is 8.73. The van der Waals surface area contributed by atoms with Crippen molar-refractivity contribution in [3.8, 4) is 0 Å². The zero-order valence-corrected chi connectivity index (χ0v) is 13.0. The summed E-state index contributed by atoms with van der Waals surface area (Å²) < 4.78 is 0. The third kappa shape index (κ3) is 6.94. The molecule has 0 aliphatic heterocycles. The second-order valence-electron chi connectivity index (χ2n) is 5.84. The van der Waals surface area contributed by atoms with Gasteiger partial charge in [0.05, 0.1) is 10.4 Å². The Labute approximate surface area is 117 Å². The molecule has 4 heteroatoms. The van der Waals surface area contributed by atoms with Crippen molar-refractivity contribution in [1.82, 2.24) is 5.32 Å². The number of hydrogen-bond donors (Lipinski definition) is 2. The topological polar surface area (TPSA) is 55.1 Å². The standard InChI is InChI=1S/C14H28N2OS/c1-11(2)9-7-5-6-8-10-16-13(17)14(3,4)12(15)18/h11H,5-10H2,1-4H3,(H2,15,18)(H,16,17). The predicted octanol–water partition coefficient (Wildman–Crippen LogP) is 3.02. The molecule has 0 aliphatic carbocycles. The third-order valence-corrected chi connectivity index (χ3v) is 3.69. The van der Waals surface area contributed by atoms with Crippen LogP contribution in [0, 0.1) is 11.3 Å². The average Bonchev–Trinajstić information content (AvgIpc) is 2.26. The predicted molar refractivity (Wildman–Crippen MR) is 81.5 cm³/mol. The van der Waals surface area contributed by atoms with Crippen LogP contribution >= 0.6 is 12.2 Å². The van der Waals surface area contributed by atoms with Gasteiger partial charge in [-0.1, -0.05) is 51.7 Å². The molecule has 0 radical (unpaired) electrons. The fraction of sp³-hybridized carbons (Fsp3) is 0.857. The minimum Gasteiger partial charge on any atom is -0.392 e. The number of carbonyl (C=O) groups excluding carboxylic acids is 1. The van der Waals surface area contributed by atoms with Crippen molar-refractivity contribution in [1.29, 1.82) is 0 Å². The first-order valence-corrected chi connectivity index (χ1v) is 7.27. The van der Waals surface area contributed by atoms with Crippen LogP contribution in [-0.4, -0.2) is 17.4 Å². The van der Waals surface area contributed by atoms with Crippen LogP contribution in [0.1, 0.15) is 59.8 Å². The largest absolute Gasteiger partial charge is 0.392 e. The molecule has 3 N–H and O–H groups in total. The highest BCUT2D eigenvalue weighted by molar-refractivity contribution is 7.80. The Morgan fingerprint density at radius 3 is 2.28 bits per heavy atom. The number of nitrogens with one attached hydrogen (secondary N) is 1. The van der Waals surface area contributed by atoms with E-state index in [4.69, 9.17) is 18.0 Å². The molecule has 0 bridgehead atoms. The number of unbranched alkanes of at least 4 members (excludes halogenated alkanes) is 3. The Kier molecular flexibility index (Phi) is 8.16. The molecule has 0 spiro atoms. The van der Waals surface area contributed by atoms with E-state index >= 15 is 0 Å². The first-order chi connectivity index (χ1) is 8.28. The first kappa shape index (κ1) is 17.4. The highest BCUT2D eigenvalue weighted by Crippen LogP contribution is 2.15. The van der Waals surface area contributed by atoms with Gasteiger partial charge >= 0.3 is 0 Å². The number of rotatable bonds is 9. The Balaban J connectivity index is 3.61. The normalized spacial score (nSPS) is 11.6. The second-order valence-corrected chi connectivity index (χ2v) is 6.28. The van der Waals surface area contributed by atoms with E-state index in [0.717, 1.165) is 12.3 Å². The van der Waals surface area contributed by atoms with Crippen molar-refractivity contribution in [2.45, 2.75) is 59.8 Å². The lowest BCUT2D eigenvalue weighted by Gasteiger charge is -2.21. The number of thiocarbonyl (C=S) groups is 1. The Bertz CT molecular complexity index is 275. The maximum atomic E-state index is 11.8. The van der Waals surface area contributed by atoms with Gasteiger partial charge in [0, 0.05) is 6.54 Å². The van der Waals surface area contributed by atoms with E-state index < -0.39 is 5.41 Å². The molecule has 0 atom stereocenters. The van der Waals surface area contributed by atoms with Crippen molar-refractivity contribution in [2.75, 3.05) is 6.54 Å². The molecular formula is C14H28N2OS. The molecule has 0 saturated carbocycles. The first-order valence-electron chi connectivity index (χ1n) is 6.86. The lowest BCUT2D eigenvalue weighted by atomic mass is 9.92. The zero-order chi connectivity index (χ0) is 14.2. The molecule has 0 aromatic rings. The summed E-state index contributed by atoms with van der Waals surface area (Å²) in [5.74, 6) is 0.716. The SMILES string of the molecule is CC(C)CCCCCCNC(=O)C(C)(C)C(N)=S. The molecule has 18 heavy (non-hydrogen) atoms. The van der Waals surface area contributed by atoms with Gasteiger partial charge in [-0.25, -0.2) is 0 Å². The van der Waals surface area contributed by atoms with E-state index in [0.29, 0.717) is 6.54 Å². The van der Waals surface area contributed by atoms with Gasteiger partial charge in [0.2, 0.25) is 5.91 Å². The summed E-state index contributed by atoms with van der Waals surface area (Å²) in [7, 11) is 0. The minimum atomic E-state index is -0.743. The fourth-order valence-electron chi connectivity index (χ4n) is 1.57. The average molecular weight is 272 g/mol. The molecule has 0 unspecified atom stereocenters. The lowest BCUT2D eigenvalue weighted by Crippen LogP contribution is -2.45. The smallest absolute Gasteiger partial charge is 0.232 e. The number of hydrogen-bond acceptors (Lipinski definition) is 2. The minimum absolute atomic E-state index is 0.0721. The maximum absolute atomic E-state index is 11.8. The van der Waals surface area contributed by atoms with E-state index in [1.54, 1.807) is 13.8 Å². The molecule has 0 aromatic heterocycles. The van der Waals surface area contributed by atoms with Crippen molar-refractivity contribution >= 4 is 23.1 Å². The third-order valence-electron chi connectivity index (χ3n) is 3.18. The highest BCUT2D eigenvalue weighted by atomic mass is 32.1. The van der Waals surface area contributed by atoms with Crippen LogP contribution in [-0.2, 0) is 4.79 Å². The summed E-state index contributed by atoms with van der Waals surface area (Å²) in [5, 5.41) is 2.90. The summed E-state index contributed by atoms with van der Waals surface area (Å²) >= 11 is 4.89. The maximum Gasteiger partial charge on any atom is 0.232 e. The molecular weight excluding hydrogens is 244 g/mol. The highest BCUT2D eigenvalue weighted by Gasteiger charge is 2.30. The molecule has 0 fully saturated rings. The van der Waals surface area contributed by atoms with Crippen molar-refractivity contribution in [2.24, 2.45) is 17.1 Å². The van der Waals surface area contributed by atoms with Gasteiger partial charge in [0.15, 0.2) is 0 Å². The van der Waals surface area contributed by atoms with Gasteiger partial charge in [-0.2, -0.15) is 0 Å². The van der Waals surface area contributed by atoms with Crippen molar-refractivity contribution < 1.29 is 4.79 Å². The van der Waals surface area contributed by atoms with Crippen molar-refractivity contribution in [3.63, 3.8) is 0 Å². The molecule has 0 aromatic carbocycles. The molecule has 0 rings (SSSR count). The van der Waals surface area contributed by atoms with Crippen molar-refractivity contribution in [3.05, 3.63) is 0 Å². The summed E-state index contributed by atoms with van der Waals surface area (Å²) in [6, 6.07) is 0. The number of carbonyl (C=O) groups is 1. The van der Waals surface area contributed by atoms with E-state index in [-0.39, 0.29) is 10.9 Å². The summed E-state index contributed by atoms with van der Waals surface area (Å²) in [5.41, 5.74) is 4.80. The van der Waals surface area contributed by atoms with Gasteiger partial charge in [0.1, 0.15) is 0 Å². The molecule has 0 aliphatic rings. The van der Waals surface area contributed by atoms with Gasteiger partial charge < -0.3 is 11.1 Å². The molecule has 3 nitrogen and oxygen atoms in total. The van der Waals surface area contributed by atoms with Crippen LogP contribution in [0.2, 0.25) is 0 Å². The van der Waals surface area contributed by atoms with Gasteiger partial charge in [-0.15, -0.1) is 0 Å². The monoisotopic (exact) mass is 272 g/mol. The molecule has 0 saturated heterocycles. The van der Waals surface area contributed by atoms with Gasteiger partial charge in [-0.05, 0) is 26.2 Å². The number of nitrogens with two attached hydrogens (primary N) is 1. The van der Waals surface area contributed by atoms with Crippen LogP contribution < -0.4 is 11.1 Å². The lowest BCUT2D eigenvalue weighted by molar-refractivity contribution is -0.126. The number of amides is 1. The van der Waals surface area contributed by atoms with Gasteiger partial charge in [-0.3, -0.25) is 4.79 Å². The van der Waals surface area contributed by atoms with E-state index in [9.17, 15) is 4.79 Å². The van der Waals surface area contributed by atoms with Crippen LogP contribution in [0.3, 0.4) is 0 Å². The van der Waals surface area contributed by atoms with E-state index in [1.165, 1.54) is 25.7 Å². The Morgan fingerprint density at radius 2 is 1.78 bits per heavy atom. The van der Waals surface area contributed by atoms with E-state index in [1.807, 2.05) is 0 Å². The fourth-order valence-corrected chi connectivity index (χ4v) is 1.66. The quantitative estimate of drug-likeness (QED) is 0.501. The second kappa shape index (κ2) is 8.46. The van der Waals surface area contributed by atoms with Crippen LogP contribution in [0.15, 0.2) is 0 Å². The van der Waals surface area contributed by atoms with E-state index in [2.05, 4.69) is 19.2 Å².